The molecule has 0 bridgehead atoms. The minimum atomic E-state index is -4.66. The number of carboxylic acid groups (broad SMARTS) is 1. The van der Waals surface area contributed by atoms with Gasteiger partial charge in [-0.2, -0.15) is 13.2 Å². The molecule has 180 valence electrons. The normalized spacial score (nSPS) is 11.9. The van der Waals surface area contributed by atoms with E-state index in [2.05, 4.69) is 5.32 Å². The first-order valence-corrected chi connectivity index (χ1v) is 10.5. The molecule has 2 aromatic carbocycles. The van der Waals surface area contributed by atoms with Crippen LogP contribution in [0, 0.1) is 0 Å². The van der Waals surface area contributed by atoms with Crippen LogP contribution < -0.4 is 10.1 Å². The Morgan fingerprint density at radius 3 is 2.38 bits per heavy atom. The molecule has 3 aromatic rings. The van der Waals surface area contributed by atoms with Crippen LogP contribution in [0.5, 0.6) is 5.75 Å². The Balaban J connectivity index is 1.77. The number of halogens is 4. The first kappa shape index (κ1) is 25.2. The zero-order valence-electron chi connectivity index (χ0n) is 18.5. The van der Waals surface area contributed by atoms with Gasteiger partial charge in [0.25, 0.3) is 5.91 Å². The van der Waals surface area contributed by atoms with Crippen LogP contribution in [0.4, 0.5) is 23.7 Å². The van der Waals surface area contributed by atoms with Crippen LogP contribution in [0.2, 0.25) is 5.02 Å². The van der Waals surface area contributed by atoms with Crippen molar-refractivity contribution in [2.75, 3.05) is 11.9 Å². The SMILES string of the molecule is CC(C)(C)c1ccn(C(=O)O)c1-c1cccc(OCC(=O)Nc2ccc(Cl)c(C(F)(F)F)c2)c1. The third-order valence-corrected chi connectivity index (χ3v) is 5.26. The maximum atomic E-state index is 13.0. The number of hydrogen-bond acceptors (Lipinski definition) is 3. The highest BCUT2D eigenvalue weighted by atomic mass is 35.5. The monoisotopic (exact) mass is 494 g/mol. The highest BCUT2D eigenvalue weighted by Crippen LogP contribution is 2.37. The number of aromatic nitrogens is 1. The number of hydrogen-bond donors (Lipinski definition) is 2. The third kappa shape index (κ3) is 5.72. The Bertz CT molecular complexity index is 1230. The summed E-state index contributed by atoms with van der Waals surface area (Å²) in [5, 5.41) is 11.4. The van der Waals surface area contributed by atoms with Crippen molar-refractivity contribution in [3.63, 3.8) is 0 Å². The summed E-state index contributed by atoms with van der Waals surface area (Å²) in [5.41, 5.74) is 0.400. The van der Waals surface area contributed by atoms with E-state index in [1.54, 1.807) is 30.3 Å². The molecule has 0 radical (unpaired) electrons. The van der Waals surface area contributed by atoms with Crippen molar-refractivity contribution in [2.45, 2.75) is 32.4 Å². The molecule has 0 saturated carbocycles. The Morgan fingerprint density at radius 2 is 1.76 bits per heavy atom. The predicted molar refractivity (Wildman–Crippen MR) is 123 cm³/mol. The summed E-state index contributed by atoms with van der Waals surface area (Å²) in [6, 6.07) is 11.4. The van der Waals surface area contributed by atoms with Gasteiger partial charge in [-0.15, -0.1) is 0 Å². The highest BCUT2D eigenvalue weighted by Gasteiger charge is 2.33. The van der Waals surface area contributed by atoms with Gasteiger partial charge in [0.1, 0.15) is 5.75 Å². The van der Waals surface area contributed by atoms with Gasteiger partial charge >= 0.3 is 12.3 Å². The highest BCUT2D eigenvalue weighted by molar-refractivity contribution is 6.31. The summed E-state index contributed by atoms with van der Waals surface area (Å²) >= 11 is 5.59. The van der Waals surface area contributed by atoms with Gasteiger partial charge in [0, 0.05) is 17.4 Å². The van der Waals surface area contributed by atoms with Crippen LogP contribution in [-0.4, -0.2) is 28.3 Å². The van der Waals surface area contributed by atoms with Crippen molar-refractivity contribution < 1.29 is 32.6 Å². The number of carbonyl (C=O) groups is 2. The number of benzene rings is 2. The van der Waals surface area contributed by atoms with Gasteiger partial charge in [-0.05, 0) is 47.4 Å². The summed E-state index contributed by atoms with van der Waals surface area (Å²) in [5.74, 6) is -0.386. The summed E-state index contributed by atoms with van der Waals surface area (Å²) in [7, 11) is 0. The molecule has 1 aromatic heterocycles. The molecular formula is C24H22ClF3N2O4. The first-order valence-electron chi connectivity index (χ1n) is 10.1. The molecule has 0 unspecified atom stereocenters. The number of amides is 1. The molecule has 6 nitrogen and oxygen atoms in total. The van der Waals surface area contributed by atoms with E-state index in [4.69, 9.17) is 16.3 Å². The van der Waals surface area contributed by atoms with Crippen molar-refractivity contribution in [3.05, 3.63) is 70.9 Å². The summed E-state index contributed by atoms with van der Waals surface area (Å²) in [4.78, 5) is 24.0. The molecule has 0 saturated heterocycles. The number of rotatable bonds is 5. The molecule has 0 aliphatic heterocycles. The smallest absolute Gasteiger partial charge is 0.417 e. The van der Waals surface area contributed by atoms with Crippen LogP contribution in [-0.2, 0) is 16.4 Å². The maximum absolute atomic E-state index is 13.0. The molecule has 1 amide bonds. The van der Waals surface area contributed by atoms with Crippen LogP contribution >= 0.6 is 11.6 Å². The van der Waals surface area contributed by atoms with Gasteiger partial charge in [-0.25, -0.2) is 4.79 Å². The van der Waals surface area contributed by atoms with Crippen LogP contribution in [0.1, 0.15) is 31.9 Å². The van der Waals surface area contributed by atoms with E-state index in [1.165, 1.54) is 12.3 Å². The Kier molecular flexibility index (Phi) is 6.97. The zero-order valence-corrected chi connectivity index (χ0v) is 19.3. The number of alkyl halides is 3. The average molecular weight is 495 g/mol. The molecule has 1 heterocycles. The lowest BCUT2D eigenvalue weighted by molar-refractivity contribution is -0.137. The van der Waals surface area contributed by atoms with E-state index in [9.17, 15) is 27.9 Å². The zero-order chi connectivity index (χ0) is 25.3. The fourth-order valence-corrected chi connectivity index (χ4v) is 3.62. The van der Waals surface area contributed by atoms with E-state index >= 15 is 0 Å². The molecular weight excluding hydrogens is 473 g/mol. The van der Waals surface area contributed by atoms with Gasteiger partial charge < -0.3 is 15.2 Å². The minimum absolute atomic E-state index is 0.0758. The predicted octanol–water partition coefficient (Wildman–Crippen LogP) is 6.67. The van der Waals surface area contributed by atoms with E-state index in [-0.39, 0.29) is 16.9 Å². The van der Waals surface area contributed by atoms with Gasteiger partial charge in [0.15, 0.2) is 6.61 Å². The van der Waals surface area contributed by atoms with E-state index in [0.717, 1.165) is 22.3 Å². The summed E-state index contributed by atoms with van der Waals surface area (Å²) < 4.78 is 45.7. The fourth-order valence-electron chi connectivity index (χ4n) is 3.39. The van der Waals surface area contributed by atoms with Gasteiger partial charge in [0.2, 0.25) is 0 Å². The second-order valence-corrected chi connectivity index (χ2v) is 8.94. The fraction of sp³-hybridized carbons (Fsp3) is 0.250. The minimum Gasteiger partial charge on any atom is -0.484 e. The Hall–Kier alpha value is -3.46. The number of nitrogens with one attached hydrogen (secondary N) is 1. The number of anilines is 1. The molecule has 34 heavy (non-hydrogen) atoms. The molecule has 0 fully saturated rings. The van der Waals surface area contributed by atoms with Crippen LogP contribution in [0.15, 0.2) is 54.7 Å². The standard InChI is InChI=1S/C24H22ClF3N2O4/c1-23(2,3)17-9-10-30(22(32)33)21(17)14-5-4-6-16(11-14)34-13-20(31)29-15-7-8-19(25)18(12-15)24(26,27)28/h4-12H,13H2,1-3H3,(H,29,31)(H,32,33). The van der Waals surface area contributed by atoms with Crippen LogP contribution in [0.3, 0.4) is 0 Å². The van der Waals surface area contributed by atoms with Crippen molar-refractivity contribution in [1.82, 2.24) is 4.57 Å². The van der Waals surface area contributed by atoms with Crippen LogP contribution in [0.25, 0.3) is 11.3 Å². The maximum Gasteiger partial charge on any atom is 0.417 e. The van der Waals surface area contributed by atoms with E-state index < -0.39 is 35.4 Å². The van der Waals surface area contributed by atoms with Gasteiger partial charge in [-0.1, -0.05) is 44.5 Å². The molecule has 0 spiro atoms. The second-order valence-electron chi connectivity index (χ2n) is 8.54. The first-order chi connectivity index (χ1) is 15.8. The number of nitrogens with zero attached hydrogens (tertiary/aromatic N) is 1. The van der Waals surface area contributed by atoms with Gasteiger partial charge in [-0.3, -0.25) is 9.36 Å². The Morgan fingerprint density at radius 1 is 1.06 bits per heavy atom. The van der Waals surface area contributed by atoms with Crippen molar-refractivity contribution in [2.24, 2.45) is 0 Å². The summed E-state index contributed by atoms with van der Waals surface area (Å²) in [6.45, 7) is 5.41. The molecule has 0 aliphatic carbocycles. The molecule has 10 heteroatoms. The van der Waals surface area contributed by atoms with E-state index in [0.29, 0.717) is 11.3 Å². The lowest BCUT2D eigenvalue weighted by Crippen LogP contribution is -2.20. The Labute approximate surface area is 198 Å². The quantitative estimate of drug-likeness (QED) is 0.415. The molecule has 3 rings (SSSR count). The van der Waals surface area contributed by atoms with Crippen molar-refractivity contribution in [3.8, 4) is 17.0 Å². The third-order valence-electron chi connectivity index (χ3n) is 4.93. The second kappa shape index (κ2) is 9.42. The largest absolute Gasteiger partial charge is 0.484 e. The number of carbonyl (C=O) groups excluding carboxylic acids is 1. The summed E-state index contributed by atoms with van der Waals surface area (Å²) in [6.07, 6.45) is -4.33. The molecule has 0 aliphatic rings. The average Bonchev–Trinajstić information content (AvgIpc) is 3.19. The lowest BCUT2D eigenvalue weighted by atomic mass is 9.85. The van der Waals surface area contributed by atoms with Gasteiger partial charge in [0.05, 0.1) is 16.3 Å². The lowest BCUT2D eigenvalue weighted by Gasteiger charge is -2.21. The molecule has 0 atom stereocenters. The van der Waals surface area contributed by atoms with Crippen molar-refractivity contribution >= 4 is 29.3 Å². The van der Waals surface area contributed by atoms with Crippen molar-refractivity contribution in [1.29, 1.82) is 0 Å². The topological polar surface area (TPSA) is 80.6 Å². The number of ether oxygens (including phenoxy) is 1. The van der Waals surface area contributed by atoms with E-state index in [1.807, 2.05) is 20.8 Å². The molecule has 2 N–H and O–H groups in total.